The first-order valence-electron chi connectivity index (χ1n) is 7.56. The lowest BCUT2D eigenvalue weighted by atomic mass is 10.2. The smallest absolute Gasteiger partial charge is 0.270 e. The van der Waals surface area contributed by atoms with E-state index in [-0.39, 0.29) is 11.9 Å². The van der Waals surface area contributed by atoms with Crippen LogP contribution in [0.1, 0.15) is 30.2 Å². The minimum Gasteiger partial charge on any atom is -0.378 e. The summed E-state index contributed by atoms with van der Waals surface area (Å²) in [7, 11) is 3.99. The number of anilines is 3. The van der Waals surface area contributed by atoms with Gasteiger partial charge in [-0.25, -0.2) is 9.97 Å². The number of hydrogen-bond donors (Lipinski definition) is 2. The molecule has 122 valence electrons. The van der Waals surface area contributed by atoms with Gasteiger partial charge in [0.1, 0.15) is 17.3 Å². The van der Waals surface area contributed by atoms with Crippen molar-refractivity contribution in [2.24, 2.45) is 0 Å². The van der Waals surface area contributed by atoms with Gasteiger partial charge < -0.3 is 15.5 Å². The summed E-state index contributed by atoms with van der Waals surface area (Å²) < 4.78 is 0. The fourth-order valence-corrected chi connectivity index (χ4v) is 2.07. The van der Waals surface area contributed by atoms with E-state index in [1.54, 1.807) is 13.0 Å². The lowest BCUT2D eigenvalue weighted by Crippen LogP contribution is -2.31. The number of aromatic nitrogens is 2. The molecule has 0 radical (unpaired) electrons. The van der Waals surface area contributed by atoms with E-state index in [1.165, 1.54) is 0 Å². The van der Waals surface area contributed by atoms with Crippen molar-refractivity contribution in [2.75, 3.05) is 24.3 Å². The van der Waals surface area contributed by atoms with Crippen molar-refractivity contribution in [3.05, 3.63) is 41.9 Å². The monoisotopic (exact) mass is 313 g/mol. The van der Waals surface area contributed by atoms with Crippen molar-refractivity contribution in [1.82, 2.24) is 15.3 Å². The van der Waals surface area contributed by atoms with E-state index >= 15 is 0 Å². The summed E-state index contributed by atoms with van der Waals surface area (Å²) >= 11 is 0. The summed E-state index contributed by atoms with van der Waals surface area (Å²) in [5, 5.41) is 6.04. The molecule has 0 bridgehead atoms. The number of carbonyl (C=O) groups excluding carboxylic acids is 1. The topological polar surface area (TPSA) is 70.2 Å². The fourth-order valence-electron chi connectivity index (χ4n) is 2.07. The second-order valence-electron chi connectivity index (χ2n) is 5.88. The highest BCUT2D eigenvalue weighted by molar-refractivity contribution is 5.93. The number of rotatable bonds is 5. The number of hydrogen-bond acceptors (Lipinski definition) is 5. The molecule has 0 aliphatic carbocycles. The molecule has 6 nitrogen and oxygen atoms in total. The Morgan fingerprint density at radius 3 is 2.35 bits per heavy atom. The van der Waals surface area contributed by atoms with Gasteiger partial charge in [-0.3, -0.25) is 4.79 Å². The van der Waals surface area contributed by atoms with Crippen molar-refractivity contribution < 1.29 is 4.79 Å². The highest BCUT2D eigenvalue weighted by atomic mass is 16.1. The maximum Gasteiger partial charge on any atom is 0.270 e. The summed E-state index contributed by atoms with van der Waals surface area (Å²) in [6, 6.07) is 9.70. The second-order valence-corrected chi connectivity index (χ2v) is 5.88. The first kappa shape index (κ1) is 16.7. The Morgan fingerprint density at radius 2 is 1.78 bits per heavy atom. The van der Waals surface area contributed by atoms with Gasteiger partial charge in [-0.2, -0.15) is 0 Å². The number of benzene rings is 1. The Balaban J connectivity index is 2.19. The Kier molecular flexibility index (Phi) is 5.16. The van der Waals surface area contributed by atoms with Crippen molar-refractivity contribution in [3.63, 3.8) is 0 Å². The first-order chi connectivity index (χ1) is 10.8. The van der Waals surface area contributed by atoms with Gasteiger partial charge in [0.05, 0.1) is 0 Å². The second kappa shape index (κ2) is 7.09. The van der Waals surface area contributed by atoms with Crippen LogP contribution in [0.25, 0.3) is 0 Å². The molecule has 1 heterocycles. The zero-order chi connectivity index (χ0) is 17.0. The first-order valence-corrected chi connectivity index (χ1v) is 7.56. The van der Waals surface area contributed by atoms with Crippen LogP contribution in [0, 0.1) is 6.92 Å². The van der Waals surface area contributed by atoms with E-state index in [0.717, 1.165) is 11.4 Å². The molecule has 1 aromatic carbocycles. The van der Waals surface area contributed by atoms with Crippen molar-refractivity contribution in [1.29, 1.82) is 0 Å². The van der Waals surface area contributed by atoms with Crippen molar-refractivity contribution in [3.8, 4) is 0 Å². The standard InChI is InChI=1S/C17H23N5O/c1-11(2)18-17(23)15-10-16(20-12(3)19-15)21-13-6-8-14(9-7-13)22(4)5/h6-11H,1-5H3,(H,18,23)(H,19,20,21). The lowest BCUT2D eigenvalue weighted by Gasteiger charge is -2.14. The summed E-state index contributed by atoms with van der Waals surface area (Å²) in [4.78, 5) is 22.7. The number of carbonyl (C=O) groups is 1. The summed E-state index contributed by atoms with van der Waals surface area (Å²) in [5.41, 5.74) is 2.38. The van der Waals surface area contributed by atoms with Crippen LogP contribution in [-0.4, -0.2) is 36.0 Å². The summed E-state index contributed by atoms with van der Waals surface area (Å²) in [5.74, 6) is 0.953. The van der Waals surface area contributed by atoms with Gasteiger partial charge in [0.2, 0.25) is 0 Å². The molecule has 0 aliphatic rings. The predicted octanol–water partition coefficient (Wildman–Crippen LogP) is 2.73. The van der Waals surface area contributed by atoms with E-state index in [2.05, 4.69) is 20.6 Å². The third-order valence-corrected chi connectivity index (χ3v) is 3.15. The number of nitrogens with one attached hydrogen (secondary N) is 2. The van der Waals surface area contributed by atoms with Crippen LogP contribution in [-0.2, 0) is 0 Å². The molecule has 6 heteroatoms. The molecule has 0 atom stereocenters. The average Bonchev–Trinajstić information content (AvgIpc) is 2.46. The average molecular weight is 313 g/mol. The number of amides is 1. The third kappa shape index (κ3) is 4.67. The lowest BCUT2D eigenvalue weighted by molar-refractivity contribution is 0.0937. The predicted molar refractivity (Wildman–Crippen MR) is 93.4 cm³/mol. The highest BCUT2D eigenvalue weighted by Gasteiger charge is 2.11. The molecule has 0 fully saturated rings. The fraction of sp³-hybridized carbons (Fsp3) is 0.353. The SMILES string of the molecule is Cc1nc(Nc2ccc(N(C)C)cc2)cc(C(=O)NC(C)C)n1. The van der Waals surface area contributed by atoms with Crippen LogP contribution in [0.3, 0.4) is 0 Å². The molecule has 0 unspecified atom stereocenters. The number of aryl methyl sites for hydroxylation is 1. The molecule has 2 rings (SSSR count). The molecule has 0 spiro atoms. The molecular weight excluding hydrogens is 290 g/mol. The van der Waals surface area contributed by atoms with Gasteiger partial charge in [0.25, 0.3) is 5.91 Å². The number of nitrogens with zero attached hydrogens (tertiary/aromatic N) is 3. The Bertz CT molecular complexity index is 680. The Hall–Kier alpha value is -2.63. The van der Waals surface area contributed by atoms with Crippen LogP contribution < -0.4 is 15.5 Å². The molecule has 2 aromatic rings. The normalized spacial score (nSPS) is 10.5. The van der Waals surface area contributed by atoms with Crippen LogP contribution in [0.15, 0.2) is 30.3 Å². The van der Waals surface area contributed by atoms with Gasteiger partial charge in [-0.15, -0.1) is 0 Å². The molecular formula is C17H23N5O. The van der Waals surface area contributed by atoms with E-state index in [0.29, 0.717) is 17.3 Å². The highest BCUT2D eigenvalue weighted by Crippen LogP contribution is 2.19. The van der Waals surface area contributed by atoms with Gasteiger partial charge in [-0.05, 0) is 45.0 Å². The van der Waals surface area contributed by atoms with Crippen molar-refractivity contribution in [2.45, 2.75) is 26.8 Å². The molecule has 1 aromatic heterocycles. The van der Waals surface area contributed by atoms with Crippen LogP contribution in [0.4, 0.5) is 17.2 Å². The van der Waals surface area contributed by atoms with Crippen LogP contribution >= 0.6 is 0 Å². The van der Waals surface area contributed by atoms with Crippen molar-refractivity contribution >= 4 is 23.1 Å². The largest absolute Gasteiger partial charge is 0.378 e. The van der Waals surface area contributed by atoms with Crippen LogP contribution in [0.2, 0.25) is 0 Å². The molecule has 0 aliphatic heterocycles. The zero-order valence-electron chi connectivity index (χ0n) is 14.2. The van der Waals surface area contributed by atoms with Gasteiger partial charge >= 0.3 is 0 Å². The zero-order valence-corrected chi connectivity index (χ0v) is 14.2. The van der Waals surface area contributed by atoms with Gasteiger partial charge in [-0.1, -0.05) is 0 Å². The van der Waals surface area contributed by atoms with Crippen LogP contribution in [0.5, 0.6) is 0 Å². The Morgan fingerprint density at radius 1 is 1.13 bits per heavy atom. The third-order valence-electron chi connectivity index (χ3n) is 3.15. The molecule has 23 heavy (non-hydrogen) atoms. The van der Waals surface area contributed by atoms with E-state index in [1.807, 2.05) is 57.1 Å². The maximum absolute atomic E-state index is 12.1. The van der Waals surface area contributed by atoms with E-state index < -0.39 is 0 Å². The minimum atomic E-state index is -0.198. The minimum absolute atomic E-state index is 0.0627. The molecule has 2 N–H and O–H groups in total. The van der Waals surface area contributed by atoms with E-state index in [9.17, 15) is 4.79 Å². The summed E-state index contributed by atoms with van der Waals surface area (Å²) in [6.07, 6.45) is 0. The Labute approximate surface area is 137 Å². The maximum atomic E-state index is 12.1. The molecule has 0 saturated heterocycles. The summed E-state index contributed by atoms with van der Waals surface area (Å²) in [6.45, 7) is 5.60. The molecule has 1 amide bonds. The van der Waals surface area contributed by atoms with Gasteiger partial charge in [0, 0.05) is 37.6 Å². The van der Waals surface area contributed by atoms with E-state index in [4.69, 9.17) is 0 Å². The quantitative estimate of drug-likeness (QED) is 0.888. The molecule has 0 saturated carbocycles. The van der Waals surface area contributed by atoms with Gasteiger partial charge in [0.15, 0.2) is 0 Å².